The maximum absolute atomic E-state index is 13.3. The molecule has 90 valence electrons. The van der Waals surface area contributed by atoms with E-state index in [-0.39, 0.29) is 0 Å². The van der Waals surface area contributed by atoms with Crippen molar-refractivity contribution in [3.63, 3.8) is 0 Å². The van der Waals surface area contributed by atoms with Gasteiger partial charge in [-0.2, -0.15) is 0 Å². The topological polar surface area (TPSA) is 24.9 Å². The monoisotopic (exact) mass is 254 g/mol. The van der Waals surface area contributed by atoms with Crippen molar-refractivity contribution in [3.05, 3.63) is 51.5 Å². The SMILES string of the molecule is Cc1nc(CNCc2ccc(F)cc2F)cs1. The highest BCUT2D eigenvalue weighted by Gasteiger charge is 2.04. The van der Waals surface area contributed by atoms with Crippen LogP contribution in [0.5, 0.6) is 0 Å². The van der Waals surface area contributed by atoms with Crippen molar-refractivity contribution in [3.8, 4) is 0 Å². The van der Waals surface area contributed by atoms with E-state index in [4.69, 9.17) is 0 Å². The summed E-state index contributed by atoms with van der Waals surface area (Å²) in [6, 6.07) is 3.60. The van der Waals surface area contributed by atoms with Gasteiger partial charge in [-0.05, 0) is 13.0 Å². The molecule has 2 aromatic rings. The molecule has 0 aliphatic heterocycles. The van der Waals surface area contributed by atoms with Crippen LogP contribution in [0.2, 0.25) is 0 Å². The van der Waals surface area contributed by atoms with Gasteiger partial charge in [-0.15, -0.1) is 11.3 Å². The third-order valence-corrected chi connectivity index (χ3v) is 3.13. The molecule has 1 heterocycles. The first kappa shape index (κ1) is 12.1. The molecule has 5 heteroatoms. The Labute approximate surface area is 102 Å². The maximum Gasteiger partial charge on any atom is 0.130 e. The van der Waals surface area contributed by atoms with Crippen LogP contribution in [0.1, 0.15) is 16.3 Å². The van der Waals surface area contributed by atoms with Gasteiger partial charge in [-0.1, -0.05) is 6.07 Å². The summed E-state index contributed by atoms with van der Waals surface area (Å²) < 4.78 is 26.0. The Morgan fingerprint density at radius 1 is 1.29 bits per heavy atom. The molecular weight excluding hydrogens is 242 g/mol. The lowest BCUT2D eigenvalue weighted by Crippen LogP contribution is -2.14. The molecule has 0 spiro atoms. The number of hydrogen-bond acceptors (Lipinski definition) is 3. The van der Waals surface area contributed by atoms with E-state index in [0.717, 1.165) is 16.8 Å². The summed E-state index contributed by atoms with van der Waals surface area (Å²) in [5.41, 5.74) is 1.40. The van der Waals surface area contributed by atoms with Crippen LogP contribution in [-0.2, 0) is 13.1 Å². The number of aryl methyl sites for hydroxylation is 1. The van der Waals surface area contributed by atoms with Gasteiger partial charge >= 0.3 is 0 Å². The van der Waals surface area contributed by atoms with Gasteiger partial charge in [0.25, 0.3) is 0 Å². The molecule has 0 amide bonds. The third-order valence-electron chi connectivity index (χ3n) is 2.30. The number of benzene rings is 1. The molecule has 0 radical (unpaired) electrons. The van der Waals surface area contributed by atoms with Gasteiger partial charge in [0.2, 0.25) is 0 Å². The number of thiazole rings is 1. The lowest BCUT2D eigenvalue weighted by Gasteiger charge is -2.04. The second kappa shape index (κ2) is 5.33. The lowest BCUT2D eigenvalue weighted by atomic mass is 10.2. The predicted molar refractivity (Wildman–Crippen MR) is 63.8 cm³/mol. The van der Waals surface area contributed by atoms with Crippen molar-refractivity contribution in [2.75, 3.05) is 0 Å². The molecule has 0 atom stereocenters. The third kappa shape index (κ3) is 3.31. The van der Waals surface area contributed by atoms with Crippen molar-refractivity contribution >= 4 is 11.3 Å². The maximum atomic E-state index is 13.3. The second-order valence-corrected chi connectivity index (χ2v) is 4.76. The normalized spacial score (nSPS) is 10.8. The molecule has 0 saturated carbocycles. The zero-order chi connectivity index (χ0) is 12.3. The molecule has 17 heavy (non-hydrogen) atoms. The van der Waals surface area contributed by atoms with Gasteiger partial charge in [-0.3, -0.25) is 0 Å². The van der Waals surface area contributed by atoms with Crippen molar-refractivity contribution in [1.82, 2.24) is 10.3 Å². The van der Waals surface area contributed by atoms with Crippen molar-refractivity contribution in [2.24, 2.45) is 0 Å². The van der Waals surface area contributed by atoms with Crippen LogP contribution in [0.15, 0.2) is 23.6 Å². The number of halogens is 2. The molecule has 0 unspecified atom stereocenters. The van der Waals surface area contributed by atoms with Crippen LogP contribution in [0.25, 0.3) is 0 Å². The lowest BCUT2D eigenvalue weighted by molar-refractivity contribution is 0.559. The summed E-state index contributed by atoms with van der Waals surface area (Å²) in [6.45, 7) is 2.89. The minimum Gasteiger partial charge on any atom is -0.307 e. The zero-order valence-electron chi connectivity index (χ0n) is 9.34. The van der Waals surface area contributed by atoms with E-state index in [1.54, 1.807) is 11.3 Å². The summed E-state index contributed by atoms with van der Waals surface area (Å²) in [4.78, 5) is 4.28. The van der Waals surface area contributed by atoms with Crippen LogP contribution in [-0.4, -0.2) is 4.98 Å². The van der Waals surface area contributed by atoms with E-state index in [9.17, 15) is 8.78 Å². The number of rotatable bonds is 4. The van der Waals surface area contributed by atoms with E-state index in [2.05, 4.69) is 10.3 Å². The highest BCUT2D eigenvalue weighted by molar-refractivity contribution is 7.09. The molecule has 2 rings (SSSR count). The van der Waals surface area contributed by atoms with Crippen molar-refractivity contribution < 1.29 is 8.78 Å². The first-order chi connectivity index (χ1) is 8.15. The minimum atomic E-state index is -0.554. The molecule has 1 aromatic heterocycles. The molecule has 0 saturated heterocycles. The summed E-state index contributed by atoms with van der Waals surface area (Å²) >= 11 is 1.58. The van der Waals surface area contributed by atoms with Crippen LogP contribution in [0.3, 0.4) is 0 Å². The smallest absolute Gasteiger partial charge is 0.130 e. The van der Waals surface area contributed by atoms with Crippen molar-refractivity contribution in [1.29, 1.82) is 0 Å². The predicted octanol–water partition coefficient (Wildman–Crippen LogP) is 3.02. The second-order valence-electron chi connectivity index (χ2n) is 3.70. The quantitative estimate of drug-likeness (QED) is 0.907. The average Bonchev–Trinajstić information content (AvgIpc) is 2.68. The fraction of sp³-hybridized carbons (Fsp3) is 0.250. The highest BCUT2D eigenvalue weighted by atomic mass is 32.1. The molecule has 2 nitrogen and oxygen atoms in total. The Balaban J connectivity index is 1.90. The molecule has 0 aliphatic carbocycles. The van der Waals surface area contributed by atoms with Crippen LogP contribution in [0.4, 0.5) is 8.78 Å². The number of nitrogens with one attached hydrogen (secondary N) is 1. The molecule has 0 bridgehead atoms. The Bertz CT molecular complexity index is 511. The van der Waals surface area contributed by atoms with Gasteiger partial charge in [0.15, 0.2) is 0 Å². The largest absolute Gasteiger partial charge is 0.307 e. The van der Waals surface area contributed by atoms with Crippen LogP contribution < -0.4 is 5.32 Å². The standard InChI is InChI=1S/C12H12F2N2S/c1-8-16-11(7-17-8)6-15-5-9-2-3-10(13)4-12(9)14/h2-4,7,15H,5-6H2,1H3. The van der Waals surface area contributed by atoms with Crippen LogP contribution >= 0.6 is 11.3 Å². The number of nitrogens with zero attached hydrogens (tertiary/aromatic N) is 1. The Hall–Kier alpha value is -1.33. The van der Waals surface area contributed by atoms with E-state index < -0.39 is 11.6 Å². The molecule has 0 fully saturated rings. The molecular formula is C12H12F2N2S. The number of aromatic nitrogens is 1. The van der Waals surface area contributed by atoms with Gasteiger partial charge in [0.05, 0.1) is 10.7 Å². The molecule has 1 aromatic carbocycles. The summed E-state index contributed by atoms with van der Waals surface area (Å²) in [6.07, 6.45) is 0. The van der Waals surface area contributed by atoms with Gasteiger partial charge in [-0.25, -0.2) is 13.8 Å². The van der Waals surface area contributed by atoms with E-state index in [1.807, 2.05) is 12.3 Å². The Morgan fingerprint density at radius 2 is 2.12 bits per heavy atom. The minimum absolute atomic E-state index is 0.364. The van der Waals surface area contributed by atoms with Crippen molar-refractivity contribution in [2.45, 2.75) is 20.0 Å². The zero-order valence-corrected chi connectivity index (χ0v) is 10.2. The Morgan fingerprint density at radius 3 is 2.76 bits per heavy atom. The van der Waals surface area contributed by atoms with Gasteiger partial charge < -0.3 is 5.32 Å². The fourth-order valence-corrected chi connectivity index (χ4v) is 2.09. The first-order valence-corrected chi connectivity index (χ1v) is 6.09. The first-order valence-electron chi connectivity index (χ1n) is 5.21. The van der Waals surface area contributed by atoms with E-state index >= 15 is 0 Å². The van der Waals surface area contributed by atoms with Gasteiger partial charge in [0, 0.05) is 30.1 Å². The molecule has 1 N–H and O–H groups in total. The highest BCUT2D eigenvalue weighted by Crippen LogP contribution is 2.10. The summed E-state index contributed by atoms with van der Waals surface area (Å²) in [5, 5.41) is 6.04. The average molecular weight is 254 g/mol. The van der Waals surface area contributed by atoms with Crippen LogP contribution in [0, 0.1) is 18.6 Å². The number of hydrogen-bond donors (Lipinski definition) is 1. The van der Waals surface area contributed by atoms with E-state index in [1.165, 1.54) is 12.1 Å². The Kier molecular flexibility index (Phi) is 3.81. The summed E-state index contributed by atoms with van der Waals surface area (Å²) in [7, 11) is 0. The van der Waals surface area contributed by atoms with E-state index in [0.29, 0.717) is 18.7 Å². The fourth-order valence-electron chi connectivity index (χ4n) is 1.48. The van der Waals surface area contributed by atoms with Gasteiger partial charge in [0.1, 0.15) is 11.6 Å². The molecule has 0 aliphatic rings. The summed E-state index contributed by atoms with van der Waals surface area (Å²) in [5.74, 6) is -1.08.